The standard InChI is InChI=1S/C16H24N2O/c17-16-5-1-3-13-9-12(6-7-15(13)16)10-18-8-2-4-14(19)11-18/h6-7,9,14,16,19H,1-5,8,10-11,17H2. The van der Waals surface area contributed by atoms with Gasteiger partial charge in [0.05, 0.1) is 6.10 Å². The van der Waals surface area contributed by atoms with Crippen LogP contribution in [0.15, 0.2) is 18.2 Å². The molecule has 1 heterocycles. The third-order valence-electron chi connectivity index (χ3n) is 4.45. The summed E-state index contributed by atoms with van der Waals surface area (Å²) >= 11 is 0. The molecule has 0 bridgehead atoms. The molecule has 1 aromatic carbocycles. The number of likely N-dealkylation sites (tertiary alicyclic amines) is 1. The molecule has 0 aromatic heterocycles. The Morgan fingerprint density at radius 3 is 3.00 bits per heavy atom. The number of hydrogen-bond donors (Lipinski definition) is 2. The number of aliphatic hydroxyl groups excluding tert-OH is 1. The van der Waals surface area contributed by atoms with Gasteiger partial charge in [-0.2, -0.15) is 0 Å². The van der Waals surface area contributed by atoms with E-state index in [1.807, 2.05) is 0 Å². The Hall–Kier alpha value is -0.900. The van der Waals surface area contributed by atoms with Crippen molar-refractivity contribution in [3.05, 3.63) is 34.9 Å². The Morgan fingerprint density at radius 2 is 2.16 bits per heavy atom. The fraction of sp³-hybridized carbons (Fsp3) is 0.625. The minimum absolute atomic E-state index is 0.139. The Labute approximate surface area is 115 Å². The highest BCUT2D eigenvalue weighted by atomic mass is 16.3. The third-order valence-corrected chi connectivity index (χ3v) is 4.45. The van der Waals surface area contributed by atoms with Crippen LogP contribution in [0.1, 0.15) is 48.4 Å². The Kier molecular flexibility index (Phi) is 3.87. The second-order valence-corrected chi connectivity index (χ2v) is 6.06. The van der Waals surface area contributed by atoms with Gasteiger partial charge in [-0.15, -0.1) is 0 Å². The largest absolute Gasteiger partial charge is 0.392 e. The summed E-state index contributed by atoms with van der Waals surface area (Å²) in [6, 6.07) is 6.99. The minimum atomic E-state index is -0.139. The molecule has 1 aliphatic carbocycles. The summed E-state index contributed by atoms with van der Waals surface area (Å²) in [5.41, 5.74) is 10.3. The molecule has 1 fully saturated rings. The van der Waals surface area contributed by atoms with E-state index in [0.29, 0.717) is 0 Å². The van der Waals surface area contributed by atoms with Gasteiger partial charge in [0.25, 0.3) is 0 Å². The summed E-state index contributed by atoms with van der Waals surface area (Å²) in [4.78, 5) is 2.36. The number of piperidine rings is 1. The van der Waals surface area contributed by atoms with E-state index in [2.05, 4.69) is 23.1 Å². The molecule has 2 atom stereocenters. The lowest BCUT2D eigenvalue weighted by Crippen LogP contribution is -2.37. The zero-order chi connectivity index (χ0) is 13.2. The lowest BCUT2D eigenvalue weighted by Gasteiger charge is -2.30. The van der Waals surface area contributed by atoms with E-state index < -0.39 is 0 Å². The van der Waals surface area contributed by atoms with Gasteiger partial charge >= 0.3 is 0 Å². The quantitative estimate of drug-likeness (QED) is 0.855. The second kappa shape index (κ2) is 5.61. The predicted molar refractivity (Wildman–Crippen MR) is 76.8 cm³/mol. The van der Waals surface area contributed by atoms with Crippen molar-refractivity contribution in [2.24, 2.45) is 5.73 Å². The topological polar surface area (TPSA) is 49.5 Å². The number of aryl methyl sites for hydroxylation is 1. The molecular weight excluding hydrogens is 236 g/mol. The van der Waals surface area contributed by atoms with Crippen molar-refractivity contribution in [3.63, 3.8) is 0 Å². The first-order valence-corrected chi connectivity index (χ1v) is 7.50. The third kappa shape index (κ3) is 2.99. The Balaban J connectivity index is 1.71. The summed E-state index contributed by atoms with van der Waals surface area (Å²) < 4.78 is 0. The Bertz CT molecular complexity index is 446. The van der Waals surface area contributed by atoms with Crippen LogP contribution in [-0.2, 0) is 13.0 Å². The van der Waals surface area contributed by atoms with E-state index in [0.717, 1.165) is 38.9 Å². The number of benzene rings is 1. The van der Waals surface area contributed by atoms with E-state index in [1.165, 1.54) is 29.5 Å². The average Bonchev–Trinajstić information content (AvgIpc) is 2.39. The Morgan fingerprint density at radius 1 is 1.26 bits per heavy atom. The monoisotopic (exact) mass is 260 g/mol. The lowest BCUT2D eigenvalue weighted by atomic mass is 9.87. The van der Waals surface area contributed by atoms with Crippen LogP contribution in [0.3, 0.4) is 0 Å². The van der Waals surface area contributed by atoms with Gasteiger partial charge in [-0.3, -0.25) is 4.90 Å². The molecule has 3 heteroatoms. The zero-order valence-electron chi connectivity index (χ0n) is 11.5. The molecular formula is C16H24N2O. The van der Waals surface area contributed by atoms with Gasteiger partial charge in [0.15, 0.2) is 0 Å². The maximum Gasteiger partial charge on any atom is 0.0667 e. The highest BCUT2D eigenvalue weighted by molar-refractivity contribution is 5.36. The van der Waals surface area contributed by atoms with Crippen LogP contribution in [0.4, 0.5) is 0 Å². The first kappa shape index (κ1) is 13.1. The molecule has 1 saturated heterocycles. The molecule has 19 heavy (non-hydrogen) atoms. The van der Waals surface area contributed by atoms with E-state index in [9.17, 15) is 5.11 Å². The molecule has 2 aliphatic rings. The minimum Gasteiger partial charge on any atom is -0.392 e. The van der Waals surface area contributed by atoms with Gasteiger partial charge in [-0.1, -0.05) is 18.2 Å². The van der Waals surface area contributed by atoms with Gasteiger partial charge < -0.3 is 10.8 Å². The number of nitrogens with two attached hydrogens (primary N) is 1. The van der Waals surface area contributed by atoms with E-state index >= 15 is 0 Å². The normalized spacial score (nSPS) is 28.1. The number of hydrogen-bond acceptors (Lipinski definition) is 3. The fourth-order valence-electron chi connectivity index (χ4n) is 3.44. The van der Waals surface area contributed by atoms with Crippen molar-refractivity contribution < 1.29 is 5.11 Å². The molecule has 0 amide bonds. The van der Waals surface area contributed by atoms with Crippen molar-refractivity contribution >= 4 is 0 Å². The summed E-state index contributed by atoms with van der Waals surface area (Å²) in [5.74, 6) is 0. The van der Waals surface area contributed by atoms with Crippen LogP contribution >= 0.6 is 0 Å². The molecule has 1 aliphatic heterocycles. The molecule has 2 unspecified atom stereocenters. The summed E-state index contributed by atoms with van der Waals surface area (Å²) in [6.45, 7) is 2.88. The van der Waals surface area contributed by atoms with Crippen molar-refractivity contribution in [1.29, 1.82) is 0 Å². The molecule has 0 saturated carbocycles. The maximum absolute atomic E-state index is 9.73. The maximum atomic E-state index is 9.73. The zero-order valence-corrected chi connectivity index (χ0v) is 11.5. The number of β-amino-alcohol motifs (C(OH)–C–C–N with tert-alkyl or cyclic N) is 1. The van der Waals surface area contributed by atoms with Gasteiger partial charge in [-0.05, 0) is 55.3 Å². The highest BCUT2D eigenvalue weighted by Gasteiger charge is 2.20. The molecule has 3 nitrogen and oxygen atoms in total. The smallest absolute Gasteiger partial charge is 0.0667 e. The lowest BCUT2D eigenvalue weighted by molar-refractivity contribution is 0.0668. The van der Waals surface area contributed by atoms with Gasteiger partial charge in [-0.25, -0.2) is 0 Å². The first-order chi connectivity index (χ1) is 9.22. The molecule has 3 rings (SSSR count). The summed E-state index contributed by atoms with van der Waals surface area (Å²) in [7, 11) is 0. The van der Waals surface area contributed by atoms with E-state index in [1.54, 1.807) is 0 Å². The second-order valence-electron chi connectivity index (χ2n) is 6.06. The first-order valence-electron chi connectivity index (χ1n) is 7.50. The number of aliphatic hydroxyl groups is 1. The average molecular weight is 260 g/mol. The number of nitrogens with zero attached hydrogens (tertiary/aromatic N) is 1. The van der Waals surface area contributed by atoms with Crippen molar-refractivity contribution in [2.45, 2.75) is 50.8 Å². The number of fused-ring (bicyclic) bond motifs is 1. The van der Waals surface area contributed by atoms with Crippen LogP contribution in [0, 0.1) is 0 Å². The van der Waals surface area contributed by atoms with Crippen LogP contribution in [0.2, 0.25) is 0 Å². The predicted octanol–water partition coefficient (Wildman–Crippen LogP) is 1.98. The molecule has 0 spiro atoms. The summed E-state index contributed by atoms with van der Waals surface area (Å²) in [5, 5.41) is 9.73. The van der Waals surface area contributed by atoms with Gasteiger partial charge in [0, 0.05) is 19.1 Å². The molecule has 1 aromatic rings. The number of rotatable bonds is 2. The van der Waals surface area contributed by atoms with Crippen molar-refractivity contribution in [2.75, 3.05) is 13.1 Å². The van der Waals surface area contributed by atoms with Gasteiger partial charge in [0.2, 0.25) is 0 Å². The van der Waals surface area contributed by atoms with Crippen LogP contribution in [0.25, 0.3) is 0 Å². The van der Waals surface area contributed by atoms with Crippen LogP contribution < -0.4 is 5.73 Å². The van der Waals surface area contributed by atoms with Gasteiger partial charge in [0.1, 0.15) is 0 Å². The summed E-state index contributed by atoms with van der Waals surface area (Å²) in [6.07, 6.45) is 5.41. The van der Waals surface area contributed by atoms with Crippen molar-refractivity contribution in [1.82, 2.24) is 4.90 Å². The van der Waals surface area contributed by atoms with Crippen molar-refractivity contribution in [3.8, 4) is 0 Å². The molecule has 104 valence electrons. The molecule has 0 radical (unpaired) electrons. The van der Waals surface area contributed by atoms with E-state index in [-0.39, 0.29) is 12.1 Å². The van der Waals surface area contributed by atoms with Crippen LogP contribution in [-0.4, -0.2) is 29.2 Å². The SMILES string of the molecule is NC1CCCc2cc(CN3CCCC(O)C3)ccc21. The fourth-order valence-corrected chi connectivity index (χ4v) is 3.44. The molecule has 3 N–H and O–H groups in total. The van der Waals surface area contributed by atoms with Crippen LogP contribution in [0.5, 0.6) is 0 Å². The highest BCUT2D eigenvalue weighted by Crippen LogP contribution is 2.29. The van der Waals surface area contributed by atoms with E-state index in [4.69, 9.17) is 5.73 Å².